The first-order valence-electron chi connectivity index (χ1n) is 7.23. The third-order valence-corrected chi connectivity index (χ3v) is 4.88. The number of fused-ring (bicyclic) bond motifs is 1. The van der Waals surface area contributed by atoms with Crippen LogP contribution in [0.1, 0.15) is 55.8 Å². The summed E-state index contributed by atoms with van der Waals surface area (Å²) >= 11 is 1.68. The van der Waals surface area contributed by atoms with Gasteiger partial charge >= 0.3 is 0 Å². The second-order valence-electron chi connectivity index (χ2n) is 5.41. The average Bonchev–Trinajstić information content (AvgIpc) is 3.05. The van der Waals surface area contributed by atoms with Crippen molar-refractivity contribution in [3.63, 3.8) is 0 Å². The molecule has 0 aliphatic heterocycles. The van der Waals surface area contributed by atoms with Crippen molar-refractivity contribution in [3.05, 3.63) is 10.8 Å². The first-order chi connectivity index (χ1) is 9.31. The maximum Gasteiger partial charge on any atom is 0.234 e. The summed E-state index contributed by atoms with van der Waals surface area (Å²) in [7, 11) is 0. The number of hydrogen-bond donors (Lipinski definition) is 1. The molecule has 0 bridgehead atoms. The molecular formula is C13H21N5S. The predicted molar refractivity (Wildman–Crippen MR) is 76.4 cm³/mol. The van der Waals surface area contributed by atoms with Crippen LogP contribution in [0.4, 0.5) is 0 Å². The van der Waals surface area contributed by atoms with E-state index in [0.29, 0.717) is 5.92 Å². The molecule has 0 saturated heterocycles. The van der Waals surface area contributed by atoms with Gasteiger partial charge in [0.2, 0.25) is 4.96 Å². The van der Waals surface area contributed by atoms with Crippen LogP contribution in [0.3, 0.4) is 0 Å². The van der Waals surface area contributed by atoms with Crippen molar-refractivity contribution in [2.75, 3.05) is 6.54 Å². The molecule has 0 spiro atoms. The van der Waals surface area contributed by atoms with Crippen LogP contribution in [0.2, 0.25) is 0 Å². The molecule has 1 saturated carbocycles. The standard InChI is InChI=1S/C13H21N5S/c1-2-9(7-8-14)3-6-11-17-18-12(10-4-5-10)15-16-13(18)19-11/h9-10H,2-8,14H2,1H3. The molecule has 6 heteroatoms. The van der Waals surface area contributed by atoms with E-state index in [1.807, 2.05) is 4.52 Å². The van der Waals surface area contributed by atoms with Crippen LogP contribution in [-0.2, 0) is 6.42 Å². The van der Waals surface area contributed by atoms with Crippen LogP contribution in [-0.4, -0.2) is 26.4 Å². The van der Waals surface area contributed by atoms with Gasteiger partial charge in [0, 0.05) is 12.3 Å². The fraction of sp³-hybridized carbons (Fsp3) is 0.769. The van der Waals surface area contributed by atoms with E-state index in [2.05, 4.69) is 22.2 Å². The molecule has 1 aliphatic carbocycles. The summed E-state index contributed by atoms with van der Waals surface area (Å²) in [5.74, 6) is 2.39. The van der Waals surface area contributed by atoms with Gasteiger partial charge in [0.15, 0.2) is 5.82 Å². The van der Waals surface area contributed by atoms with Gasteiger partial charge in [-0.05, 0) is 38.1 Å². The zero-order valence-electron chi connectivity index (χ0n) is 11.4. The number of aromatic nitrogens is 4. The Morgan fingerprint density at radius 1 is 1.37 bits per heavy atom. The van der Waals surface area contributed by atoms with Crippen molar-refractivity contribution < 1.29 is 0 Å². The van der Waals surface area contributed by atoms with Crippen LogP contribution < -0.4 is 5.73 Å². The lowest BCUT2D eigenvalue weighted by Gasteiger charge is -2.11. The van der Waals surface area contributed by atoms with E-state index < -0.39 is 0 Å². The summed E-state index contributed by atoms with van der Waals surface area (Å²) < 4.78 is 1.96. The van der Waals surface area contributed by atoms with Gasteiger partial charge in [-0.25, -0.2) is 0 Å². The highest BCUT2D eigenvalue weighted by molar-refractivity contribution is 7.16. The van der Waals surface area contributed by atoms with Gasteiger partial charge in [0.25, 0.3) is 0 Å². The van der Waals surface area contributed by atoms with Gasteiger partial charge in [-0.15, -0.1) is 10.2 Å². The highest BCUT2D eigenvalue weighted by Gasteiger charge is 2.30. The Labute approximate surface area is 117 Å². The Kier molecular flexibility index (Phi) is 3.79. The lowest BCUT2D eigenvalue weighted by molar-refractivity contribution is 0.442. The average molecular weight is 279 g/mol. The third-order valence-electron chi connectivity index (χ3n) is 3.92. The van der Waals surface area contributed by atoms with Crippen molar-refractivity contribution >= 4 is 16.3 Å². The minimum Gasteiger partial charge on any atom is -0.330 e. The summed E-state index contributed by atoms with van der Waals surface area (Å²) in [5, 5.41) is 14.3. The number of hydrogen-bond acceptors (Lipinski definition) is 5. The molecule has 3 rings (SSSR count). The van der Waals surface area contributed by atoms with Crippen LogP contribution in [0.15, 0.2) is 0 Å². The highest BCUT2D eigenvalue weighted by Crippen LogP contribution is 2.39. The maximum absolute atomic E-state index is 5.64. The molecule has 1 atom stereocenters. The fourth-order valence-corrected chi connectivity index (χ4v) is 3.34. The van der Waals surface area contributed by atoms with E-state index in [1.54, 1.807) is 11.3 Å². The molecule has 0 amide bonds. The molecule has 1 unspecified atom stereocenters. The Bertz CT molecular complexity index is 542. The summed E-state index contributed by atoms with van der Waals surface area (Å²) in [6, 6.07) is 0. The SMILES string of the molecule is CCC(CCN)CCc1nn2c(C3CC3)nnc2s1. The minimum atomic E-state index is 0.602. The molecule has 19 heavy (non-hydrogen) atoms. The van der Waals surface area contributed by atoms with Crippen molar-refractivity contribution in [3.8, 4) is 0 Å². The third kappa shape index (κ3) is 2.79. The van der Waals surface area contributed by atoms with Crippen LogP contribution in [0.5, 0.6) is 0 Å². The lowest BCUT2D eigenvalue weighted by Crippen LogP contribution is -2.09. The van der Waals surface area contributed by atoms with Crippen LogP contribution >= 0.6 is 11.3 Å². The van der Waals surface area contributed by atoms with E-state index >= 15 is 0 Å². The molecule has 1 aliphatic rings. The van der Waals surface area contributed by atoms with Crippen molar-refractivity contribution in [1.29, 1.82) is 0 Å². The summed E-state index contributed by atoms with van der Waals surface area (Å²) in [4.78, 5) is 0.948. The quantitative estimate of drug-likeness (QED) is 0.844. The largest absolute Gasteiger partial charge is 0.330 e. The molecule has 2 N–H and O–H groups in total. The Morgan fingerprint density at radius 3 is 2.89 bits per heavy atom. The molecule has 2 aromatic heterocycles. The zero-order chi connectivity index (χ0) is 13.2. The zero-order valence-corrected chi connectivity index (χ0v) is 12.2. The number of nitrogens with two attached hydrogens (primary N) is 1. The molecule has 1 fully saturated rings. The van der Waals surface area contributed by atoms with E-state index in [0.717, 1.165) is 36.1 Å². The van der Waals surface area contributed by atoms with Crippen molar-refractivity contribution in [2.24, 2.45) is 11.7 Å². The Hall–Kier alpha value is -1.01. The molecule has 104 valence electrons. The van der Waals surface area contributed by atoms with Gasteiger partial charge in [-0.2, -0.15) is 9.61 Å². The second-order valence-corrected chi connectivity index (χ2v) is 6.45. The monoisotopic (exact) mass is 279 g/mol. The van der Waals surface area contributed by atoms with E-state index in [4.69, 9.17) is 5.73 Å². The van der Waals surface area contributed by atoms with E-state index in [9.17, 15) is 0 Å². The van der Waals surface area contributed by atoms with Gasteiger partial charge in [-0.1, -0.05) is 24.7 Å². The van der Waals surface area contributed by atoms with E-state index in [1.165, 1.54) is 30.7 Å². The summed E-state index contributed by atoms with van der Waals surface area (Å²) in [6.07, 6.45) is 7.01. The first kappa shape index (κ1) is 13.0. The van der Waals surface area contributed by atoms with Crippen molar-refractivity contribution in [1.82, 2.24) is 19.8 Å². The van der Waals surface area contributed by atoms with Gasteiger partial charge in [0.1, 0.15) is 5.01 Å². The number of rotatable bonds is 7. The van der Waals surface area contributed by atoms with Gasteiger partial charge in [-0.3, -0.25) is 0 Å². The Morgan fingerprint density at radius 2 is 2.21 bits per heavy atom. The topological polar surface area (TPSA) is 69.1 Å². The molecular weight excluding hydrogens is 258 g/mol. The second kappa shape index (κ2) is 5.54. The van der Waals surface area contributed by atoms with Crippen LogP contribution in [0, 0.1) is 5.92 Å². The normalized spacial score (nSPS) is 17.2. The molecule has 2 heterocycles. The molecule has 2 aromatic rings. The fourth-order valence-electron chi connectivity index (χ4n) is 2.48. The minimum absolute atomic E-state index is 0.602. The lowest BCUT2D eigenvalue weighted by atomic mass is 9.97. The number of aryl methyl sites for hydroxylation is 1. The maximum atomic E-state index is 5.64. The molecule has 0 aromatic carbocycles. The predicted octanol–water partition coefficient (Wildman–Crippen LogP) is 2.37. The van der Waals surface area contributed by atoms with Crippen LogP contribution in [0.25, 0.3) is 4.96 Å². The summed E-state index contributed by atoms with van der Waals surface area (Å²) in [6.45, 7) is 3.03. The molecule has 0 radical (unpaired) electrons. The summed E-state index contributed by atoms with van der Waals surface area (Å²) in [5.41, 5.74) is 5.64. The van der Waals surface area contributed by atoms with E-state index in [-0.39, 0.29) is 0 Å². The smallest absolute Gasteiger partial charge is 0.234 e. The molecule has 5 nitrogen and oxygen atoms in total. The van der Waals surface area contributed by atoms with Gasteiger partial charge in [0.05, 0.1) is 0 Å². The Balaban J connectivity index is 1.67. The number of nitrogens with zero attached hydrogens (tertiary/aromatic N) is 4. The van der Waals surface area contributed by atoms with Crippen molar-refractivity contribution in [2.45, 2.75) is 51.4 Å². The van der Waals surface area contributed by atoms with Gasteiger partial charge < -0.3 is 5.73 Å². The first-order valence-corrected chi connectivity index (χ1v) is 8.04. The highest BCUT2D eigenvalue weighted by atomic mass is 32.1.